The third-order valence-corrected chi connectivity index (χ3v) is 8.73. The number of imide groups is 2. The number of aromatic nitrogens is 2. The maximum atomic E-state index is 13.3. The quantitative estimate of drug-likeness (QED) is 0.0567. The van der Waals surface area contributed by atoms with Crippen molar-refractivity contribution in [1.82, 2.24) is 25.5 Å². The molecule has 0 saturated carbocycles. The van der Waals surface area contributed by atoms with Gasteiger partial charge in [0.2, 0.25) is 11.8 Å². The molecule has 4 aromatic rings. The van der Waals surface area contributed by atoms with Crippen LogP contribution in [0.2, 0.25) is 5.15 Å². The minimum atomic E-state index is -1.04. The van der Waals surface area contributed by atoms with E-state index in [9.17, 15) is 33.9 Å². The Balaban J connectivity index is 0.970. The van der Waals surface area contributed by atoms with E-state index in [1.54, 1.807) is 48.5 Å². The summed E-state index contributed by atoms with van der Waals surface area (Å²) in [5, 5.41) is 23.2. The topological polar surface area (TPSA) is 212 Å². The number of carbonyl (C=O) groups is 6. The Labute approximate surface area is 313 Å². The van der Waals surface area contributed by atoms with Crippen molar-refractivity contribution in [3.05, 3.63) is 112 Å². The van der Waals surface area contributed by atoms with Crippen LogP contribution in [0.5, 0.6) is 0 Å². The Kier molecular flexibility index (Phi) is 11.6. The lowest BCUT2D eigenvalue weighted by molar-refractivity contribution is -0.136. The zero-order valence-corrected chi connectivity index (χ0v) is 29.3. The second kappa shape index (κ2) is 16.8. The summed E-state index contributed by atoms with van der Waals surface area (Å²) < 4.78 is 0. The lowest BCUT2D eigenvalue weighted by atomic mass is 10.0. The van der Waals surface area contributed by atoms with Gasteiger partial charge in [0.15, 0.2) is 0 Å². The van der Waals surface area contributed by atoms with E-state index < -0.39 is 35.7 Å². The molecule has 2 aromatic heterocycles. The number of nitrogens with zero attached hydrogens (tertiary/aromatic N) is 3. The predicted molar refractivity (Wildman–Crippen MR) is 198 cm³/mol. The summed E-state index contributed by atoms with van der Waals surface area (Å²) in [6, 6.07) is 14.7. The Hall–Kier alpha value is -6.63. The normalized spacial score (nSPS) is 14.8. The monoisotopic (exact) mass is 748 g/mol. The van der Waals surface area contributed by atoms with E-state index >= 15 is 0 Å². The summed E-state index contributed by atoms with van der Waals surface area (Å²) >= 11 is 5.91. The van der Waals surface area contributed by atoms with Gasteiger partial charge in [-0.15, -0.1) is 0 Å². The Morgan fingerprint density at radius 3 is 2.56 bits per heavy atom. The molecular formula is C38H33ClN8O7. The first-order valence-corrected chi connectivity index (χ1v) is 17.3. The highest BCUT2D eigenvalue weighted by Crippen LogP contribution is 2.32. The molecule has 2 aliphatic rings. The Bertz CT molecular complexity index is 2230. The van der Waals surface area contributed by atoms with E-state index in [0.29, 0.717) is 65.4 Å². The van der Waals surface area contributed by atoms with Crippen LogP contribution in [0.25, 0.3) is 0 Å². The van der Waals surface area contributed by atoms with Gasteiger partial charge >= 0.3 is 6.03 Å². The molecule has 1 fully saturated rings. The number of fused-ring (bicyclic) bond motifs is 1. The molecular weight excluding hydrogens is 716 g/mol. The van der Waals surface area contributed by atoms with E-state index in [2.05, 4.69) is 48.4 Å². The molecule has 0 aliphatic carbocycles. The molecule has 1 saturated heterocycles. The number of benzene rings is 2. The van der Waals surface area contributed by atoms with Gasteiger partial charge in [-0.1, -0.05) is 29.7 Å². The molecule has 0 radical (unpaired) electrons. The molecule has 15 nitrogen and oxygen atoms in total. The van der Waals surface area contributed by atoms with Crippen molar-refractivity contribution in [2.45, 2.75) is 38.3 Å². The second-order valence-electron chi connectivity index (χ2n) is 12.2. The predicted octanol–water partition coefficient (Wildman–Crippen LogP) is 3.69. The van der Waals surface area contributed by atoms with E-state index in [4.69, 9.17) is 11.6 Å². The van der Waals surface area contributed by atoms with Gasteiger partial charge in [0.1, 0.15) is 16.9 Å². The summed E-state index contributed by atoms with van der Waals surface area (Å²) in [7, 11) is 0. The number of aliphatic hydroxyl groups is 1. The molecule has 2 aromatic carbocycles. The molecule has 2 aliphatic heterocycles. The van der Waals surface area contributed by atoms with Gasteiger partial charge in [0.25, 0.3) is 17.7 Å². The number of unbranched alkanes of at least 4 members (excludes halogenated alkanes) is 1. The van der Waals surface area contributed by atoms with Crippen LogP contribution in [0.3, 0.4) is 0 Å². The number of carbonyl (C=O) groups excluding carboxylic acids is 6. The minimum absolute atomic E-state index is 0.0423. The highest BCUT2D eigenvalue weighted by Gasteiger charge is 2.45. The van der Waals surface area contributed by atoms with Gasteiger partial charge < -0.3 is 26.4 Å². The molecule has 0 bridgehead atoms. The van der Waals surface area contributed by atoms with E-state index in [1.807, 2.05) is 0 Å². The van der Waals surface area contributed by atoms with Crippen LogP contribution >= 0.6 is 11.6 Å². The van der Waals surface area contributed by atoms with Crippen LogP contribution in [0.4, 0.5) is 21.9 Å². The maximum absolute atomic E-state index is 13.3. The number of hydrogen-bond donors (Lipinski definition) is 6. The highest BCUT2D eigenvalue weighted by atomic mass is 35.5. The number of urea groups is 1. The summed E-state index contributed by atoms with van der Waals surface area (Å²) in [5.41, 5.74) is 3.37. The second-order valence-corrected chi connectivity index (χ2v) is 12.6. The first-order valence-electron chi connectivity index (χ1n) is 16.9. The molecule has 4 heterocycles. The maximum Gasteiger partial charge on any atom is 0.323 e. The number of rotatable bonds is 11. The van der Waals surface area contributed by atoms with Gasteiger partial charge in [-0.05, 0) is 73.7 Å². The first-order chi connectivity index (χ1) is 26.1. The minimum Gasteiger partial charge on any atom is -0.392 e. The molecule has 16 heteroatoms. The number of nitrogens with one attached hydrogen (secondary N) is 5. The van der Waals surface area contributed by atoms with Crippen LogP contribution in [0, 0.1) is 11.8 Å². The third kappa shape index (κ3) is 8.69. The Morgan fingerprint density at radius 1 is 0.926 bits per heavy atom. The number of pyridine rings is 2. The molecule has 54 heavy (non-hydrogen) atoms. The van der Waals surface area contributed by atoms with Crippen molar-refractivity contribution in [2.75, 3.05) is 29.0 Å². The van der Waals surface area contributed by atoms with Gasteiger partial charge in [0, 0.05) is 60.0 Å². The van der Waals surface area contributed by atoms with Crippen molar-refractivity contribution < 1.29 is 33.9 Å². The van der Waals surface area contributed by atoms with Crippen molar-refractivity contribution >= 4 is 64.2 Å². The number of hydrogen-bond acceptors (Lipinski definition) is 10. The number of anilines is 3. The first kappa shape index (κ1) is 37.1. The van der Waals surface area contributed by atoms with Crippen LogP contribution in [0.1, 0.15) is 73.6 Å². The van der Waals surface area contributed by atoms with Crippen LogP contribution in [-0.2, 0) is 16.2 Å². The van der Waals surface area contributed by atoms with Crippen LogP contribution in [-0.4, -0.2) is 74.7 Å². The SMILES string of the molecule is O=C1CCC(N2C(=O)c3cccc(NCCCCNC(=O)c4cccc(C#Cc5cc(NC(=O)Nc6cc(Cl)ncc6CO)ccn5)c4)c3C2=O)C(=O)N1. The fraction of sp³-hybridized carbons (Fsp3) is 0.211. The fourth-order valence-corrected chi connectivity index (χ4v) is 6.03. The highest BCUT2D eigenvalue weighted by molar-refractivity contribution is 6.29. The molecule has 274 valence electrons. The van der Waals surface area contributed by atoms with Crippen LogP contribution < -0.4 is 26.6 Å². The summed E-state index contributed by atoms with van der Waals surface area (Å²) in [4.78, 5) is 84.8. The number of amides is 7. The largest absolute Gasteiger partial charge is 0.392 e. The summed E-state index contributed by atoms with van der Waals surface area (Å²) in [5.74, 6) is 3.39. The average Bonchev–Trinajstić information content (AvgIpc) is 3.41. The van der Waals surface area contributed by atoms with Crippen molar-refractivity contribution in [1.29, 1.82) is 0 Å². The van der Waals surface area contributed by atoms with E-state index in [1.165, 1.54) is 24.5 Å². The smallest absolute Gasteiger partial charge is 0.323 e. The summed E-state index contributed by atoms with van der Waals surface area (Å²) in [6.45, 7) is 0.508. The lowest BCUT2D eigenvalue weighted by Crippen LogP contribution is -2.54. The molecule has 6 N–H and O–H groups in total. The average molecular weight is 749 g/mol. The number of halogens is 1. The summed E-state index contributed by atoms with van der Waals surface area (Å²) in [6.07, 6.45) is 4.24. The number of aliphatic hydroxyl groups excluding tert-OH is 1. The Morgan fingerprint density at radius 2 is 1.74 bits per heavy atom. The molecule has 7 amide bonds. The lowest BCUT2D eigenvalue weighted by Gasteiger charge is -2.27. The zero-order chi connectivity index (χ0) is 38.2. The van der Waals surface area contributed by atoms with Gasteiger partial charge in [-0.2, -0.15) is 0 Å². The molecule has 1 unspecified atom stereocenters. The van der Waals surface area contributed by atoms with Crippen molar-refractivity contribution in [3.63, 3.8) is 0 Å². The number of piperidine rings is 1. The van der Waals surface area contributed by atoms with Crippen molar-refractivity contribution in [3.8, 4) is 11.8 Å². The fourth-order valence-electron chi connectivity index (χ4n) is 5.88. The van der Waals surface area contributed by atoms with Gasteiger partial charge in [0.05, 0.1) is 23.4 Å². The zero-order valence-electron chi connectivity index (χ0n) is 28.6. The van der Waals surface area contributed by atoms with Crippen LogP contribution in [0.15, 0.2) is 73.1 Å². The standard InChI is InChI=1S/C38H33ClN8O7/c39-31-19-29(24(21-48)20-43-31)45-38(54)44-26-13-16-40-25(18-26)10-9-22-5-3-6-23(17-22)34(50)42-15-2-1-14-41-28-8-4-7-27-33(28)37(53)47(36(27)52)30-11-12-32(49)46-35(30)51/h3-8,13,16-20,30,41,48H,1-2,11-12,14-15,21H2,(H,42,50)(H,46,49,51)(H2,40,43,44,45,54). The van der Waals surface area contributed by atoms with Gasteiger partial charge in [-0.3, -0.25) is 34.2 Å². The van der Waals surface area contributed by atoms with Crippen molar-refractivity contribution in [2.24, 2.45) is 0 Å². The van der Waals surface area contributed by atoms with E-state index in [0.717, 1.165) is 4.90 Å². The third-order valence-electron chi connectivity index (χ3n) is 8.52. The van der Waals surface area contributed by atoms with E-state index in [-0.39, 0.29) is 41.6 Å². The molecule has 6 rings (SSSR count). The molecule has 0 spiro atoms. The van der Waals surface area contributed by atoms with Gasteiger partial charge in [-0.25, -0.2) is 14.8 Å². The molecule has 1 atom stereocenters.